The van der Waals surface area contributed by atoms with Crippen LogP contribution in [0.25, 0.3) is 11.5 Å². The molecule has 30 heavy (non-hydrogen) atoms. The molecule has 0 spiro atoms. The Labute approximate surface area is 172 Å². The summed E-state index contributed by atoms with van der Waals surface area (Å²) >= 11 is 0.805. The van der Waals surface area contributed by atoms with Gasteiger partial charge in [0.2, 0.25) is 12.7 Å². The zero-order valence-electron chi connectivity index (χ0n) is 15.2. The number of benzene rings is 1. The molecule has 1 aliphatic rings. The second kappa shape index (κ2) is 8.27. The van der Waals surface area contributed by atoms with Gasteiger partial charge in [-0.25, -0.2) is 9.97 Å². The maximum Gasteiger partial charge on any atom is 0.433 e. The Hall–Kier alpha value is -3.21. The average molecular weight is 437 g/mol. The monoisotopic (exact) mass is 437 g/mol. The number of ether oxygens (including phenoxy) is 2. The molecule has 0 atom stereocenters. The quantitative estimate of drug-likeness (QED) is 0.462. The molecule has 0 saturated carbocycles. The normalized spacial score (nSPS) is 12.8. The molecule has 156 valence electrons. The number of furan rings is 1. The van der Waals surface area contributed by atoms with E-state index in [0.29, 0.717) is 11.5 Å². The topological polar surface area (TPSA) is 86.5 Å². The first-order valence-electron chi connectivity index (χ1n) is 8.67. The Balaban J connectivity index is 1.40. The molecule has 0 fully saturated rings. The fraction of sp³-hybridized carbons (Fsp3) is 0.211. The molecular weight excluding hydrogens is 423 g/mol. The number of alkyl halides is 3. The molecule has 0 saturated heterocycles. The molecule has 11 heteroatoms. The van der Waals surface area contributed by atoms with E-state index in [-0.39, 0.29) is 41.6 Å². The summed E-state index contributed by atoms with van der Waals surface area (Å²) in [5.41, 5.74) is -0.314. The van der Waals surface area contributed by atoms with E-state index in [9.17, 15) is 18.0 Å². The second-order valence-corrected chi connectivity index (χ2v) is 7.09. The van der Waals surface area contributed by atoms with Gasteiger partial charge >= 0.3 is 6.18 Å². The first kappa shape index (κ1) is 20.1. The number of thioether (sulfide) groups is 1. The smallest absolute Gasteiger partial charge is 0.433 e. The average Bonchev–Trinajstić information content (AvgIpc) is 3.41. The fourth-order valence-corrected chi connectivity index (χ4v) is 3.31. The molecule has 1 aromatic carbocycles. The highest BCUT2D eigenvalue weighted by Crippen LogP contribution is 2.33. The van der Waals surface area contributed by atoms with Crippen molar-refractivity contribution in [2.75, 3.05) is 12.5 Å². The number of carbonyl (C=O) groups is 1. The summed E-state index contributed by atoms with van der Waals surface area (Å²) in [5, 5.41) is 2.52. The highest BCUT2D eigenvalue weighted by molar-refractivity contribution is 7.99. The Bertz CT molecular complexity index is 1060. The van der Waals surface area contributed by atoms with Gasteiger partial charge in [0.25, 0.3) is 0 Å². The summed E-state index contributed by atoms with van der Waals surface area (Å²) < 4.78 is 55.1. The van der Waals surface area contributed by atoms with Crippen LogP contribution in [0.4, 0.5) is 13.2 Å². The van der Waals surface area contributed by atoms with E-state index >= 15 is 0 Å². The highest BCUT2D eigenvalue weighted by Gasteiger charge is 2.34. The molecule has 0 unspecified atom stereocenters. The van der Waals surface area contributed by atoms with Gasteiger partial charge in [-0.2, -0.15) is 13.2 Å². The van der Waals surface area contributed by atoms with Gasteiger partial charge in [-0.3, -0.25) is 4.79 Å². The number of nitrogens with zero attached hydrogens (tertiary/aromatic N) is 2. The highest BCUT2D eigenvalue weighted by atomic mass is 32.2. The summed E-state index contributed by atoms with van der Waals surface area (Å²) in [6.45, 7) is 0.385. The van der Waals surface area contributed by atoms with Gasteiger partial charge < -0.3 is 19.2 Å². The molecule has 2 aromatic heterocycles. The maximum absolute atomic E-state index is 13.2. The first-order valence-corrected chi connectivity index (χ1v) is 9.65. The van der Waals surface area contributed by atoms with Crippen molar-refractivity contribution in [1.29, 1.82) is 0 Å². The van der Waals surface area contributed by atoms with Crippen LogP contribution in [-0.2, 0) is 17.5 Å². The lowest BCUT2D eigenvalue weighted by Gasteiger charge is -2.10. The number of nitrogens with one attached hydrogen (secondary N) is 1. The molecule has 1 N–H and O–H groups in total. The molecular formula is C19H14F3N3O4S. The van der Waals surface area contributed by atoms with Gasteiger partial charge in [-0.05, 0) is 35.9 Å². The van der Waals surface area contributed by atoms with Crippen molar-refractivity contribution in [2.24, 2.45) is 0 Å². The molecule has 3 aromatic rings. The van der Waals surface area contributed by atoms with E-state index in [1.165, 1.54) is 12.3 Å². The lowest BCUT2D eigenvalue weighted by Crippen LogP contribution is -2.24. The fourth-order valence-electron chi connectivity index (χ4n) is 2.62. The zero-order valence-corrected chi connectivity index (χ0v) is 16.0. The SMILES string of the molecule is O=C(CSc1nc(-c2ccco2)cc(C(F)(F)F)n1)NCc1ccc2c(c1)OCO2. The van der Waals surface area contributed by atoms with Crippen LogP contribution in [0.3, 0.4) is 0 Å². The Morgan fingerprint density at radius 1 is 1.13 bits per heavy atom. The van der Waals surface area contributed by atoms with Crippen LogP contribution in [0.1, 0.15) is 11.3 Å². The molecule has 3 heterocycles. The third kappa shape index (κ3) is 4.67. The third-order valence-corrected chi connectivity index (χ3v) is 4.88. The molecule has 0 bridgehead atoms. The van der Waals surface area contributed by atoms with Crippen molar-refractivity contribution in [3.8, 4) is 23.0 Å². The minimum atomic E-state index is -4.65. The standard InChI is InChI=1S/C19H14F3N3O4S/c20-19(21,22)16-7-12(13-2-1-5-27-13)24-18(25-16)30-9-17(26)23-8-11-3-4-14-15(6-11)29-10-28-14/h1-7H,8-10H2,(H,23,26). The van der Waals surface area contributed by atoms with Gasteiger partial charge in [0.1, 0.15) is 11.4 Å². The van der Waals surface area contributed by atoms with Crippen molar-refractivity contribution in [3.63, 3.8) is 0 Å². The van der Waals surface area contributed by atoms with Crippen LogP contribution in [0.2, 0.25) is 0 Å². The van der Waals surface area contributed by atoms with Crippen molar-refractivity contribution in [1.82, 2.24) is 15.3 Å². The molecule has 1 amide bonds. The van der Waals surface area contributed by atoms with E-state index < -0.39 is 11.9 Å². The largest absolute Gasteiger partial charge is 0.463 e. The van der Waals surface area contributed by atoms with Crippen LogP contribution < -0.4 is 14.8 Å². The molecule has 0 radical (unpaired) electrons. The minimum Gasteiger partial charge on any atom is -0.463 e. The van der Waals surface area contributed by atoms with Crippen LogP contribution in [0.5, 0.6) is 11.5 Å². The lowest BCUT2D eigenvalue weighted by atomic mass is 10.2. The van der Waals surface area contributed by atoms with E-state index in [1.54, 1.807) is 24.3 Å². The Morgan fingerprint density at radius 2 is 1.97 bits per heavy atom. The molecule has 0 aliphatic carbocycles. The van der Waals surface area contributed by atoms with Gasteiger partial charge in [-0.15, -0.1) is 0 Å². The van der Waals surface area contributed by atoms with Gasteiger partial charge in [0.15, 0.2) is 22.4 Å². The zero-order chi connectivity index (χ0) is 21.1. The first-order chi connectivity index (χ1) is 14.4. The van der Waals surface area contributed by atoms with Crippen LogP contribution >= 0.6 is 11.8 Å². The second-order valence-electron chi connectivity index (χ2n) is 6.15. The summed E-state index contributed by atoms with van der Waals surface area (Å²) in [7, 11) is 0. The number of amides is 1. The van der Waals surface area contributed by atoms with E-state index in [2.05, 4.69) is 15.3 Å². The number of hydrogen-bond donors (Lipinski definition) is 1. The molecule has 1 aliphatic heterocycles. The number of fused-ring (bicyclic) bond motifs is 1. The minimum absolute atomic E-state index is 0.00871. The number of rotatable bonds is 6. The Kier molecular flexibility index (Phi) is 5.53. The number of halogens is 3. The number of hydrogen-bond acceptors (Lipinski definition) is 7. The summed E-state index contributed by atoms with van der Waals surface area (Å²) in [6, 6.07) is 9.12. The van der Waals surface area contributed by atoms with Crippen molar-refractivity contribution in [2.45, 2.75) is 17.9 Å². The summed E-state index contributed by atoms with van der Waals surface area (Å²) in [5.74, 6) is 0.882. The van der Waals surface area contributed by atoms with Crippen LogP contribution in [-0.4, -0.2) is 28.4 Å². The van der Waals surface area contributed by atoms with Gasteiger partial charge in [0.05, 0.1) is 12.0 Å². The van der Waals surface area contributed by atoms with Gasteiger partial charge in [0, 0.05) is 6.54 Å². The molecule has 7 nitrogen and oxygen atoms in total. The Morgan fingerprint density at radius 3 is 2.73 bits per heavy atom. The van der Waals surface area contributed by atoms with E-state index in [0.717, 1.165) is 23.4 Å². The van der Waals surface area contributed by atoms with Crippen molar-refractivity contribution in [3.05, 3.63) is 53.9 Å². The van der Waals surface area contributed by atoms with Crippen molar-refractivity contribution < 1.29 is 31.9 Å². The predicted molar refractivity (Wildman–Crippen MR) is 99.9 cm³/mol. The van der Waals surface area contributed by atoms with Crippen molar-refractivity contribution >= 4 is 17.7 Å². The maximum atomic E-state index is 13.2. The number of aromatic nitrogens is 2. The van der Waals surface area contributed by atoms with Crippen LogP contribution in [0, 0.1) is 0 Å². The third-order valence-electron chi connectivity index (χ3n) is 4.03. The van der Waals surface area contributed by atoms with Gasteiger partial charge in [-0.1, -0.05) is 17.8 Å². The summed E-state index contributed by atoms with van der Waals surface area (Å²) in [6.07, 6.45) is -3.32. The van der Waals surface area contributed by atoms with Crippen LogP contribution in [0.15, 0.2) is 52.2 Å². The lowest BCUT2D eigenvalue weighted by molar-refractivity contribution is -0.141. The number of carbonyl (C=O) groups excluding carboxylic acids is 1. The predicted octanol–water partition coefficient (Wildman–Crippen LogP) is 3.89. The molecule has 4 rings (SSSR count). The van der Waals surface area contributed by atoms with E-state index in [4.69, 9.17) is 13.9 Å². The van der Waals surface area contributed by atoms with E-state index in [1.807, 2.05) is 0 Å². The summed E-state index contributed by atoms with van der Waals surface area (Å²) in [4.78, 5) is 19.7.